The van der Waals surface area contributed by atoms with E-state index in [1.165, 1.54) is 18.2 Å². The average Bonchev–Trinajstić information content (AvgIpc) is 2.83. The quantitative estimate of drug-likeness (QED) is 0.229. The first-order valence-corrected chi connectivity index (χ1v) is 11.3. The Kier molecular flexibility index (Phi) is 8.99. The van der Waals surface area contributed by atoms with E-state index in [2.05, 4.69) is 26.6 Å². The zero-order chi connectivity index (χ0) is 24.3. The summed E-state index contributed by atoms with van der Waals surface area (Å²) in [5, 5.41) is 5.67. The van der Waals surface area contributed by atoms with Crippen molar-refractivity contribution < 1.29 is 23.9 Å². The monoisotopic (exact) mass is 522 g/mol. The summed E-state index contributed by atoms with van der Waals surface area (Å²) in [4.78, 5) is 36.3. The number of rotatable bonds is 8. The lowest BCUT2D eigenvalue weighted by molar-refractivity contribution is -0.116. The molecule has 174 valence electrons. The molecule has 3 rings (SSSR count). The number of amides is 2. The number of para-hydroxylation sites is 1. The van der Waals surface area contributed by atoms with Gasteiger partial charge in [-0.25, -0.2) is 4.79 Å². The standard InChI is InChI=1S/C26H23BrN2O5/c1-2-33-26(32)34-22-14-10-19(11-15-22)25(31)29-23-6-4-3-5-20(23)17-28-24(30)16-9-18-7-12-21(27)13-8-18/h3-16H,2,17H2,1H3,(H,28,30)(H,29,31)/b16-9+. The van der Waals surface area contributed by atoms with Gasteiger partial charge < -0.3 is 20.1 Å². The Hall–Kier alpha value is -3.91. The largest absolute Gasteiger partial charge is 0.513 e. The lowest BCUT2D eigenvalue weighted by Gasteiger charge is -2.12. The fourth-order valence-electron chi connectivity index (χ4n) is 2.90. The molecule has 7 nitrogen and oxygen atoms in total. The maximum Gasteiger partial charge on any atom is 0.513 e. The van der Waals surface area contributed by atoms with Crippen LogP contribution in [0.3, 0.4) is 0 Å². The van der Waals surface area contributed by atoms with Crippen LogP contribution >= 0.6 is 15.9 Å². The summed E-state index contributed by atoms with van der Waals surface area (Å²) < 4.78 is 10.7. The van der Waals surface area contributed by atoms with Crippen molar-refractivity contribution in [2.75, 3.05) is 11.9 Å². The Morgan fingerprint density at radius 1 is 0.941 bits per heavy atom. The summed E-state index contributed by atoms with van der Waals surface area (Å²) in [6.07, 6.45) is 2.39. The number of ether oxygens (including phenoxy) is 2. The summed E-state index contributed by atoms with van der Waals surface area (Å²) in [6.45, 7) is 2.13. The molecule has 0 atom stereocenters. The highest BCUT2D eigenvalue weighted by molar-refractivity contribution is 9.10. The SMILES string of the molecule is CCOC(=O)Oc1ccc(C(=O)Nc2ccccc2CNC(=O)/C=C/c2ccc(Br)cc2)cc1. The van der Waals surface area contributed by atoms with Crippen LogP contribution in [0.1, 0.15) is 28.4 Å². The number of carbonyl (C=O) groups is 3. The van der Waals surface area contributed by atoms with Crippen molar-refractivity contribution in [3.63, 3.8) is 0 Å². The Bertz CT molecular complexity index is 1170. The fraction of sp³-hybridized carbons (Fsp3) is 0.115. The van der Waals surface area contributed by atoms with Gasteiger partial charge in [0.25, 0.3) is 5.91 Å². The van der Waals surface area contributed by atoms with Crippen LogP contribution in [-0.2, 0) is 16.1 Å². The molecule has 0 aliphatic carbocycles. The summed E-state index contributed by atoms with van der Waals surface area (Å²) in [7, 11) is 0. The van der Waals surface area contributed by atoms with Crippen LogP contribution in [0.4, 0.5) is 10.5 Å². The van der Waals surface area contributed by atoms with Crippen molar-refractivity contribution in [1.82, 2.24) is 5.32 Å². The van der Waals surface area contributed by atoms with E-state index in [-0.39, 0.29) is 30.7 Å². The minimum Gasteiger partial charge on any atom is -0.434 e. The topological polar surface area (TPSA) is 93.7 Å². The Balaban J connectivity index is 1.58. The zero-order valence-electron chi connectivity index (χ0n) is 18.4. The molecule has 34 heavy (non-hydrogen) atoms. The maximum absolute atomic E-state index is 12.7. The lowest BCUT2D eigenvalue weighted by Crippen LogP contribution is -2.22. The minimum absolute atomic E-state index is 0.209. The molecule has 8 heteroatoms. The highest BCUT2D eigenvalue weighted by Gasteiger charge is 2.11. The van der Waals surface area contributed by atoms with Gasteiger partial charge in [0.1, 0.15) is 5.75 Å². The van der Waals surface area contributed by atoms with Crippen LogP contribution in [0.5, 0.6) is 5.75 Å². The number of hydrogen-bond donors (Lipinski definition) is 2. The number of hydrogen-bond acceptors (Lipinski definition) is 5. The van der Waals surface area contributed by atoms with Crippen molar-refractivity contribution >= 4 is 45.7 Å². The second kappa shape index (κ2) is 12.4. The Morgan fingerprint density at radius 3 is 2.35 bits per heavy atom. The first kappa shape index (κ1) is 24.7. The molecular weight excluding hydrogens is 500 g/mol. The van der Waals surface area contributed by atoms with E-state index in [0.717, 1.165) is 15.6 Å². The molecule has 0 unspecified atom stereocenters. The molecule has 0 saturated heterocycles. The summed E-state index contributed by atoms with van der Waals surface area (Å²) in [6, 6.07) is 20.9. The molecule has 0 aliphatic rings. The number of carbonyl (C=O) groups excluding carboxylic acids is 3. The minimum atomic E-state index is -0.803. The molecule has 0 aliphatic heterocycles. The average molecular weight is 523 g/mol. The van der Waals surface area contributed by atoms with Gasteiger partial charge in [0.2, 0.25) is 5.91 Å². The molecule has 2 amide bonds. The van der Waals surface area contributed by atoms with E-state index in [4.69, 9.17) is 9.47 Å². The van der Waals surface area contributed by atoms with Crippen LogP contribution in [0, 0.1) is 0 Å². The molecule has 2 N–H and O–H groups in total. The summed E-state index contributed by atoms with van der Waals surface area (Å²) in [5.41, 5.74) is 2.62. The predicted molar refractivity (Wildman–Crippen MR) is 134 cm³/mol. The summed E-state index contributed by atoms with van der Waals surface area (Å²) >= 11 is 3.38. The van der Waals surface area contributed by atoms with Gasteiger partial charge in [-0.2, -0.15) is 0 Å². The van der Waals surface area contributed by atoms with Crippen molar-refractivity contribution in [2.45, 2.75) is 13.5 Å². The van der Waals surface area contributed by atoms with Crippen LogP contribution in [-0.4, -0.2) is 24.6 Å². The highest BCUT2D eigenvalue weighted by Crippen LogP contribution is 2.18. The normalized spacial score (nSPS) is 10.5. The molecule has 3 aromatic carbocycles. The van der Waals surface area contributed by atoms with Gasteiger partial charge in [0.05, 0.1) is 6.61 Å². The third-order valence-electron chi connectivity index (χ3n) is 4.60. The molecule has 0 bridgehead atoms. The van der Waals surface area contributed by atoms with Crippen LogP contribution in [0.15, 0.2) is 83.3 Å². The lowest BCUT2D eigenvalue weighted by atomic mass is 10.1. The summed E-state index contributed by atoms with van der Waals surface area (Å²) in [5.74, 6) is -0.313. The van der Waals surface area contributed by atoms with Crippen LogP contribution < -0.4 is 15.4 Å². The van der Waals surface area contributed by atoms with Gasteiger partial charge >= 0.3 is 6.16 Å². The Morgan fingerprint density at radius 2 is 1.65 bits per heavy atom. The first-order chi connectivity index (χ1) is 16.4. The van der Waals surface area contributed by atoms with E-state index in [0.29, 0.717) is 11.3 Å². The van der Waals surface area contributed by atoms with Crippen molar-refractivity contribution in [3.05, 3.63) is 100 Å². The molecule has 0 saturated carbocycles. The van der Waals surface area contributed by atoms with Crippen LogP contribution in [0.2, 0.25) is 0 Å². The molecule has 0 spiro atoms. The van der Waals surface area contributed by atoms with Crippen molar-refractivity contribution in [1.29, 1.82) is 0 Å². The molecule has 3 aromatic rings. The van der Waals surface area contributed by atoms with E-state index in [1.54, 1.807) is 37.3 Å². The van der Waals surface area contributed by atoms with Crippen molar-refractivity contribution in [3.8, 4) is 5.75 Å². The van der Waals surface area contributed by atoms with Crippen molar-refractivity contribution in [2.24, 2.45) is 0 Å². The third kappa shape index (κ3) is 7.60. The molecular formula is C26H23BrN2O5. The molecule has 0 radical (unpaired) electrons. The van der Waals surface area contributed by atoms with Gasteiger partial charge in [-0.3, -0.25) is 9.59 Å². The number of benzene rings is 3. The zero-order valence-corrected chi connectivity index (χ0v) is 20.0. The second-order valence-electron chi connectivity index (χ2n) is 7.02. The Labute approximate surface area is 205 Å². The number of nitrogens with one attached hydrogen (secondary N) is 2. The highest BCUT2D eigenvalue weighted by atomic mass is 79.9. The molecule has 0 heterocycles. The van der Waals surface area contributed by atoms with Crippen LogP contribution in [0.25, 0.3) is 6.08 Å². The van der Waals surface area contributed by atoms with Gasteiger partial charge in [-0.05, 0) is 66.6 Å². The van der Waals surface area contributed by atoms with E-state index in [9.17, 15) is 14.4 Å². The second-order valence-corrected chi connectivity index (χ2v) is 7.94. The molecule has 0 fully saturated rings. The fourth-order valence-corrected chi connectivity index (χ4v) is 3.16. The van der Waals surface area contributed by atoms with Gasteiger partial charge in [0, 0.05) is 28.3 Å². The third-order valence-corrected chi connectivity index (χ3v) is 5.12. The number of halogens is 1. The van der Waals surface area contributed by atoms with E-state index >= 15 is 0 Å². The maximum atomic E-state index is 12.7. The first-order valence-electron chi connectivity index (χ1n) is 10.5. The van der Waals surface area contributed by atoms with E-state index < -0.39 is 6.16 Å². The van der Waals surface area contributed by atoms with Gasteiger partial charge in [-0.1, -0.05) is 46.3 Å². The smallest absolute Gasteiger partial charge is 0.434 e. The molecule has 0 aromatic heterocycles. The van der Waals surface area contributed by atoms with Gasteiger partial charge in [0.15, 0.2) is 0 Å². The van der Waals surface area contributed by atoms with E-state index in [1.807, 2.05) is 36.4 Å². The van der Waals surface area contributed by atoms with Gasteiger partial charge in [-0.15, -0.1) is 0 Å². The number of anilines is 1. The predicted octanol–water partition coefficient (Wildman–Crippen LogP) is 5.57.